The first-order chi connectivity index (χ1) is 9.43. The Hall–Kier alpha value is -1.56. The molecule has 0 saturated carbocycles. The van der Waals surface area contributed by atoms with E-state index in [0.717, 1.165) is 6.42 Å². The van der Waals surface area contributed by atoms with Crippen LogP contribution in [0, 0.1) is 5.92 Å². The van der Waals surface area contributed by atoms with Crippen molar-refractivity contribution < 1.29 is 13.7 Å². The second-order valence-corrected chi connectivity index (χ2v) is 6.35. The van der Waals surface area contributed by atoms with Crippen LogP contribution in [0.2, 0.25) is 0 Å². The Labute approximate surface area is 122 Å². The van der Waals surface area contributed by atoms with Crippen LogP contribution in [0.3, 0.4) is 0 Å². The van der Waals surface area contributed by atoms with Crippen molar-refractivity contribution in [2.75, 3.05) is 25.1 Å². The van der Waals surface area contributed by atoms with Crippen LogP contribution in [-0.4, -0.2) is 29.5 Å². The van der Waals surface area contributed by atoms with Gasteiger partial charge in [0, 0.05) is 18.3 Å². The second-order valence-electron chi connectivity index (χ2n) is 4.93. The van der Waals surface area contributed by atoms with Crippen molar-refractivity contribution in [2.24, 2.45) is 5.92 Å². The van der Waals surface area contributed by atoms with Crippen LogP contribution < -0.4 is 15.8 Å². The molecule has 3 N–H and O–H groups in total. The van der Waals surface area contributed by atoms with Gasteiger partial charge < -0.3 is 15.8 Å². The number of hydrogen-bond acceptors (Lipinski definition) is 4. The summed E-state index contributed by atoms with van der Waals surface area (Å²) in [5.74, 6) is 0.678. The normalized spacial score (nSPS) is 12.2. The number of carbonyl (C=O) groups excluding carboxylic acids is 1. The molecule has 1 aromatic rings. The maximum atomic E-state index is 12.2. The number of ether oxygens (including phenoxy) is 1. The number of carbonyl (C=O) groups is 1. The molecule has 1 unspecified atom stereocenters. The second kappa shape index (κ2) is 7.89. The maximum Gasteiger partial charge on any atom is 0.233 e. The molecule has 0 radical (unpaired) electrons. The van der Waals surface area contributed by atoms with Gasteiger partial charge in [-0.05, 0) is 24.5 Å². The average Bonchev–Trinajstić information content (AvgIpc) is 2.37. The van der Waals surface area contributed by atoms with E-state index in [-0.39, 0.29) is 11.7 Å². The molecule has 0 heterocycles. The number of nitrogen functional groups attached to an aromatic ring is 1. The molecule has 1 aromatic carbocycles. The number of nitrogens with one attached hydrogen (secondary N) is 1. The highest BCUT2D eigenvalue weighted by Gasteiger charge is 2.14. The van der Waals surface area contributed by atoms with Crippen LogP contribution in [0.5, 0.6) is 5.75 Å². The minimum absolute atomic E-state index is 0.0711. The quantitative estimate of drug-likeness (QED) is 0.748. The van der Waals surface area contributed by atoms with E-state index in [2.05, 4.69) is 19.2 Å². The summed E-state index contributed by atoms with van der Waals surface area (Å²) in [5, 5.41) is 2.77. The Morgan fingerprint density at radius 3 is 2.75 bits per heavy atom. The summed E-state index contributed by atoms with van der Waals surface area (Å²) in [6.45, 7) is 4.78. The van der Waals surface area contributed by atoms with Gasteiger partial charge in [0.2, 0.25) is 5.91 Å². The fraction of sp³-hybridized carbons (Fsp3) is 0.500. The highest BCUT2D eigenvalue weighted by atomic mass is 32.2. The molecule has 6 heteroatoms. The maximum absolute atomic E-state index is 12.2. The lowest BCUT2D eigenvalue weighted by molar-refractivity contribution is -0.118. The largest absolute Gasteiger partial charge is 0.495 e. The Morgan fingerprint density at radius 1 is 1.45 bits per heavy atom. The molecule has 0 fully saturated rings. The van der Waals surface area contributed by atoms with Gasteiger partial charge in [-0.3, -0.25) is 9.00 Å². The smallest absolute Gasteiger partial charge is 0.233 e. The molecule has 1 amide bonds. The highest BCUT2D eigenvalue weighted by molar-refractivity contribution is 7.85. The average molecular weight is 298 g/mol. The van der Waals surface area contributed by atoms with Crippen LogP contribution in [0.4, 0.5) is 5.69 Å². The lowest BCUT2D eigenvalue weighted by Gasteiger charge is -2.10. The zero-order valence-electron chi connectivity index (χ0n) is 12.1. The lowest BCUT2D eigenvalue weighted by Crippen LogP contribution is -2.29. The SMILES string of the molecule is COc1cc(N)ccc1S(=O)CC(=O)NCCC(C)C. The molecule has 112 valence electrons. The number of rotatable bonds is 7. The van der Waals surface area contributed by atoms with Gasteiger partial charge in [0.05, 0.1) is 22.8 Å². The van der Waals surface area contributed by atoms with Gasteiger partial charge in [-0.25, -0.2) is 0 Å². The molecule has 0 aliphatic heterocycles. The minimum atomic E-state index is -1.44. The van der Waals surface area contributed by atoms with Gasteiger partial charge in [-0.15, -0.1) is 0 Å². The third-order valence-electron chi connectivity index (χ3n) is 2.74. The molecule has 5 nitrogen and oxygen atoms in total. The molecule has 0 aliphatic carbocycles. The van der Waals surface area contributed by atoms with E-state index in [1.165, 1.54) is 7.11 Å². The third-order valence-corrected chi connectivity index (χ3v) is 4.09. The van der Waals surface area contributed by atoms with Gasteiger partial charge in [0.25, 0.3) is 0 Å². The summed E-state index contributed by atoms with van der Waals surface area (Å²) >= 11 is 0. The Balaban J connectivity index is 2.60. The molecular formula is C14H22N2O3S. The number of methoxy groups -OCH3 is 1. The van der Waals surface area contributed by atoms with Gasteiger partial charge >= 0.3 is 0 Å². The molecule has 1 rings (SSSR count). The van der Waals surface area contributed by atoms with E-state index in [0.29, 0.717) is 28.8 Å². The Bertz CT molecular complexity index is 489. The molecule has 0 bridgehead atoms. The summed E-state index contributed by atoms with van der Waals surface area (Å²) < 4.78 is 17.3. The molecule has 1 atom stereocenters. The molecule has 0 aliphatic rings. The Kier molecular flexibility index (Phi) is 6.51. The van der Waals surface area contributed by atoms with Crippen molar-refractivity contribution in [3.63, 3.8) is 0 Å². The number of hydrogen-bond donors (Lipinski definition) is 2. The van der Waals surface area contributed by atoms with E-state index in [9.17, 15) is 9.00 Å². The van der Waals surface area contributed by atoms with Gasteiger partial charge in [0.15, 0.2) is 0 Å². The summed E-state index contributed by atoms with van der Waals surface area (Å²) in [4.78, 5) is 12.2. The van der Waals surface area contributed by atoms with E-state index in [1.807, 2.05) is 0 Å². The molecule has 20 heavy (non-hydrogen) atoms. The topological polar surface area (TPSA) is 81.4 Å². The van der Waals surface area contributed by atoms with Crippen LogP contribution in [0.1, 0.15) is 20.3 Å². The van der Waals surface area contributed by atoms with Crippen molar-refractivity contribution in [2.45, 2.75) is 25.2 Å². The van der Waals surface area contributed by atoms with Crippen LogP contribution in [-0.2, 0) is 15.6 Å². The van der Waals surface area contributed by atoms with Crippen molar-refractivity contribution in [3.8, 4) is 5.75 Å². The number of nitrogens with two attached hydrogens (primary N) is 1. The molecular weight excluding hydrogens is 276 g/mol. The zero-order chi connectivity index (χ0) is 15.1. The fourth-order valence-corrected chi connectivity index (χ4v) is 2.70. The van der Waals surface area contributed by atoms with Crippen molar-refractivity contribution in [3.05, 3.63) is 18.2 Å². The zero-order valence-corrected chi connectivity index (χ0v) is 13.0. The first kappa shape index (κ1) is 16.5. The molecule has 0 spiro atoms. The lowest BCUT2D eigenvalue weighted by atomic mass is 10.1. The first-order valence-electron chi connectivity index (χ1n) is 6.52. The van der Waals surface area contributed by atoms with Crippen molar-refractivity contribution >= 4 is 22.4 Å². The molecule has 0 aromatic heterocycles. The fourth-order valence-electron chi connectivity index (χ4n) is 1.62. The van der Waals surface area contributed by atoms with E-state index < -0.39 is 10.8 Å². The van der Waals surface area contributed by atoms with Crippen LogP contribution in [0.15, 0.2) is 23.1 Å². The molecule has 0 saturated heterocycles. The van der Waals surface area contributed by atoms with Gasteiger partial charge in [0.1, 0.15) is 11.5 Å². The van der Waals surface area contributed by atoms with Crippen LogP contribution in [0.25, 0.3) is 0 Å². The highest BCUT2D eigenvalue weighted by Crippen LogP contribution is 2.24. The van der Waals surface area contributed by atoms with Crippen molar-refractivity contribution in [1.29, 1.82) is 0 Å². The van der Waals surface area contributed by atoms with E-state index in [1.54, 1.807) is 18.2 Å². The van der Waals surface area contributed by atoms with E-state index >= 15 is 0 Å². The standard InChI is InChI=1S/C14H22N2O3S/c1-10(2)6-7-16-14(17)9-20(18)13-5-4-11(15)8-12(13)19-3/h4-5,8,10H,6-7,9,15H2,1-3H3,(H,16,17). The predicted molar refractivity (Wildman–Crippen MR) is 81.1 cm³/mol. The monoisotopic (exact) mass is 298 g/mol. The summed E-state index contributed by atoms with van der Waals surface area (Å²) in [5.41, 5.74) is 6.17. The van der Waals surface area contributed by atoms with Gasteiger partial charge in [-0.2, -0.15) is 0 Å². The minimum Gasteiger partial charge on any atom is -0.495 e. The van der Waals surface area contributed by atoms with Gasteiger partial charge in [-0.1, -0.05) is 13.8 Å². The van der Waals surface area contributed by atoms with E-state index in [4.69, 9.17) is 10.5 Å². The Morgan fingerprint density at radius 2 is 2.15 bits per heavy atom. The predicted octanol–water partition coefficient (Wildman–Crippen LogP) is 1.55. The summed E-state index contributed by atoms with van der Waals surface area (Å²) in [6.07, 6.45) is 0.906. The van der Waals surface area contributed by atoms with Crippen LogP contribution >= 0.6 is 0 Å². The third kappa shape index (κ3) is 5.21. The summed E-state index contributed by atoms with van der Waals surface area (Å²) in [6, 6.07) is 4.88. The number of anilines is 1. The number of amides is 1. The first-order valence-corrected chi connectivity index (χ1v) is 7.84. The summed E-state index contributed by atoms with van der Waals surface area (Å²) in [7, 11) is 0.0443. The van der Waals surface area contributed by atoms with Crippen molar-refractivity contribution in [1.82, 2.24) is 5.32 Å². The number of benzene rings is 1.